The van der Waals surface area contributed by atoms with Gasteiger partial charge >= 0.3 is 5.97 Å². The average molecular weight is 1850 g/mol. The lowest BCUT2D eigenvalue weighted by molar-refractivity contribution is -0.236. The van der Waals surface area contributed by atoms with Crippen LogP contribution in [0.1, 0.15) is 140 Å². The molecule has 3 aromatic heterocycles. The van der Waals surface area contributed by atoms with Gasteiger partial charge in [-0.25, -0.2) is 9.78 Å². The van der Waals surface area contributed by atoms with Crippen LogP contribution in [0.2, 0.25) is 0 Å². The van der Waals surface area contributed by atoms with Gasteiger partial charge in [0.05, 0.1) is 31.2 Å². The average Bonchev–Trinajstić information content (AvgIpc) is 1.27. The summed E-state index contributed by atoms with van der Waals surface area (Å²) in [6.45, 7) is 5.46. The topological polar surface area (TPSA) is 664 Å². The maximum atomic E-state index is 15.3. The Balaban J connectivity index is 0.901. The van der Waals surface area contributed by atoms with Gasteiger partial charge in [-0.1, -0.05) is 76.2 Å². The molecule has 0 spiro atoms. The van der Waals surface area contributed by atoms with Crippen molar-refractivity contribution >= 4 is 122 Å². The fourth-order valence-corrected chi connectivity index (χ4v) is 16.6. The van der Waals surface area contributed by atoms with E-state index in [1.165, 1.54) is 58.4 Å². The van der Waals surface area contributed by atoms with Crippen molar-refractivity contribution in [2.45, 2.75) is 246 Å². The van der Waals surface area contributed by atoms with Crippen LogP contribution in [0.15, 0.2) is 97.7 Å². The molecule has 0 radical (unpaired) electrons. The quantitative estimate of drug-likeness (QED) is 0.0171. The normalized spacial score (nSPS) is 19.6. The molecule has 6 aromatic rings. The number of benzene rings is 3. The number of aliphatic hydroxyl groups excluding tert-OH is 4. The molecule has 3 saturated heterocycles. The lowest BCUT2D eigenvalue weighted by atomic mass is 9.98. The third-order valence-corrected chi connectivity index (χ3v) is 23.8. The number of aromatic hydroxyl groups is 1. The van der Waals surface area contributed by atoms with Crippen molar-refractivity contribution < 1.29 is 107 Å². The van der Waals surface area contributed by atoms with Crippen LogP contribution in [0.4, 0.5) is 0 Å². The van der Waals surface area contributed by atoms with Crippen molar-refractivity contribution in [2.75, 3.05) is 44.8 Å². The fourth-order valence-electron chi connectivity index (χ4n) is 16.2. The molecule has 0 saturated carbocycles. The molecule has 26 N–H and O–H groups in total. The van der Waals surface area contributed by atoms with E-state index >= 15 is 24.0 Å². The Morgan fingerprint density at radius 1 is 0.542 bits per heavy atom. The monoisotopic (exact) mass is 1840 g/mol. The number of aromatic nitrogens is 4. The van der Waals surface area contributed by atoms with Crippen molar-refractivity contribution in [3.05, 3.63) is 120 Å². The number of carboxylic acid groups (broad SMARTS) is 1. The Morgan fingerprint density at radius 2 is 1.05 bits per heavy atom. The van der Waals surface area contributed by atoms with E-state index in [0.717, 1.165) is 16.5 Å². The van der Waals surface area contributed by atoms with Gasteiger partial charge in [0, 0.05) is 85.6 Å². The van der Waals surface area contributed by atoms with Gasteiger partial charge in [-0.15, -0.1) is 0 Å². The summed E-state index contributed by atoms with van der Waals surface area (Å²) in [7, 11) is 0. The standard InChI is InChI=1S/C88H124N20O22S/c1-46(2)34-62(103-81(122)64(38-50-41-94-57-17-9-7-15-54(50)57)104-82(123)65(39-51-42-92-45-96-51)101-76(117)55(90)37-49-40-93-56-16-8-6-14-53(49)56)79(120)98-58(26-28-71(112)106-85-75(116)74(115)73(114)69(44-109)130-85)77(118)102-63(35-47(3)4)80(121)100-60(18-10-11-30-89)86(126)107-31-12-19-67(107)83(124)95-43-72(113)97-61(25-27-70(91)111)87(127)108-32-13-20-68(108)84(125)99-59(29-33-131-5)78(119)105-66(88(128)129)36-48-21-23-52(110)24-22-48/h6-9,14-17,21-24,40-42,45-47,55,58-69,73-75,85,93-94,109-110,114-116H,10-13,18-20,25-39,43-44,89-90H2,1-5H3,(H2,91,111)(H,92,96)(H,95,124)(H,97,113)(H,98,120)(H,99,125)(H,100,121)(H,101,117)(H,102,118)(H,103,122)(H,104,123)(H,105,119)(H,106,112)(H,128,129)/t55-,58-,59-,60-,61-,62-,63-,64-,65-,66-,67-,68-,69+,73+,74-,75+,85+/m0/s1. The number of hydrogen-bond acceptors (Lipinski definition) is 25. The minimum atomic E-state index is -1.94. The Bertz CT molecular complexity index is 4920. The number of nitrogens with one attached hydrogen (secondary N) is 14. The Kier molecular flexibility index (Phi) is 39.0. The molecule has 43 heteroatoms. The first-order valence-corrected chi connectivity index (χ1v) is 45.5. The van der Waals surface area contributed by atoms with E-state index in [-0.39, 0.29) is 115 Å². The van der Waals surface area contributed by atoms with Crippen LogP contribution in [-0.4, -0.2) is 297 Å². The van der Waals surface area contributed by atoms with Gasteiger partial charge in [0.25, 0.3) is 0 Å². The van der Waals surface area contributed by atoms with E-state index in [4.69, 9.17) is 21.9 Å². The molecule has 0 bridgehead atoms. The predicted octanol–water partition coefficient (Wildman–Crippen LogP) is -2.84. The van der Waals surface area contributed by atoms with Gasteiger partial charge in [-0.2, -0.15) is 11.8 Å². The number of aromatic amines is 3. The minimum Gasteiger partial charge on any atom is -0.508 e. The lowest BCUT2D eigenvalue weighted by Crippen LogP contribution is -2.63. The molecule has 714 valence electrons. The van der Waals surface area contributed by atoms with Crippen LogP contribution in [0.5, 0.6) is 5.75 Å². The highest BCUT2D eigenvalue weighted by Gasteiger charge is 2.46. The van der Waals surface area contributed by atoms with Gasteiger partial charge in [0.15, 0.2) is 6.23 Å². The second kappa shape index (κ2) is 49.8. The number of carboxylic acids is 1. The van der Waals surface area contributed by atoms with Crippen LogP contribution in [-0.2, 0) is 102 Å². The number of aliphatic carboxylic acids is 1. The van der Waals surface area contributed by atoms with Crippen LogP contribution >= 0.6 is 11.8 Å². The number of likely N-dealkylation sites (tertiary alicyclic amines) is 2. The zero-order valence-electron chi connectivity index (χ0n) is 73.9. The van der Waals surface area contributed by atoms with E-state index in [0.29, 0.717) is 46.3 Å². The van der Waals surface area contributed by atoms with Crippen molar-refractivity contribution in [3.63, 3.8) is 0 Å². The zero-order valence-corrected chi connectivity index (χ0v) is 74.7. The SMILES string of the molecule is CSCC[C@H](NC(=O)[C@@H]1CCCN1C(=O)[C@H](CCC(N)=O)NC(=O)CNC(=O)[C@@H]1CCCN1C(=O)[C@H](CCCCN)NC(=O)[C@H](CC(C)C)NC(=O)[C@H](CCC(=O)N[C@@H]1O[C@H](CO)[C@@H](O)[C@H](O)[C@H]1O)NC(=O)[C@H](CC(C)C)NC(=O)[C@H](Cc1c[nH]c2ccccc12)NC(=O)[C@H](Cc1c[nH]cn1)NC(=O)[C@@H](N)Cc1c[nH]c2ccccc12)C(=O)N[C@@H](Cc1ccc(O)cc1)C(=O)O. The zero-order chi connectivity index (χ0) is 95.3. The Morgan fingerprint density at radius 3 is 1.60 bits per heavy atom. The number of H-pyrrole nitrogens is 3. The number of thioether (sulfide) groups is 1. The molecular weight excluding hydrogens is 1720 g/mol. The number of carbonyl (C=O) groups excluding carboxylic acids is 14. The van der Waals surface area contributed by atoms with Crippen molar-refractivity contribution in [1.82, 2.24) is 88.2 Å². The van der Waals surface area contributed by atoms with Crippen LogP contribution < -0.4 is 75.7 Å². The number of hydrogen-bond donors (Lipinski definition) is 23. The van der Waals surface area contributed by atoms with Crippen LogP contribution in [0, 0.1) is 11.8 Å². The van der Waals surface area contributed by atoms with Crippen LogP contribution in [0.3, 0.4) is 0 Å². The molecule has 9 rings (SSSR count). The first-order valence-electron chi connectivity index (χ1n) is 44.1. The third kappa shape index (κ3) is 29.7. The largest absolute Gasteiger partial charge is 0.508 e. The molecule has 17 atom stereocenters. The van der Waals surface area contributed by atoms with Crippen molar-refractivity contribution in [1.29, 1.82) is 0 Å². The number of nitrogens with zero attached hydrogens (tertiary/aromatic N) is 3. The molecule has 3 fully saturated rings. The number of amides is 14. The Hall–Kier alpha value is -12.1. The summed E-state index contributed by atoms with van der Waals surface area (Å²) in [6.07, 6.45) is -2.14. The van der Waals surface area contributed by atoms with E-state index < -0.39 is 230 Å². The number of fused-ring (bicyclic) bond motifs is 2. The number of para-hydroxylation sites is 2. The number of ether oxygens (including phenoxy) is 1. The number of phenols is 1. The lowest BCUT2D eigenvalue weighted by Gasteiger charge is -2.40. The smallest absolute Gasteiger partial charge is 0.326 e. The first kappa shape index (κ1) is 103. The number of phenolic OH excluding ortho intramolecular Hbond substituents is 1. The molecule has 3 aliphatic rings. The number of primary amides is 1. The first-order chi connectivity index (χ1) is 62.5. The van der Waals surface area contributed by atoms with Gasteiger partial charge in [0.2, 0.25) is 82.7 Å². The van der Waals surface area contributed by atoms with Gasteiger partial charge in [-0.3, -0.25) is 67.1 Å². The number of aliphatic hydroxyl groups is 4. The second-order valence-electron chi connectivity index (χ2n) is 34.1. The molecule has 14 amide bonds. The summed E-state index contributed by atoms with van der Waals surface area (Å²) < 4.78 is 5.52. The molecule has 3 aromatic carbocycles. The van der Waals surface area contributed by atoms with Crippen molar-refractivity contribution in [2.24, 2.45) is 29.0 Å². The fraction of sp³-hybridized carbons (Fsp3) is 0.545. The van der Waals surface area contributed by atoms with Gasteiger partial charge in [-0.05, 0) is 155 Å². The summed E-state index contributed by atoms with van der Waals surface area (Å²) in [4.78, 5) is 230. The van der Waals surface area contributed by atoms with Gasteiger partial charge in [0.1, 0.15) is 96.6 Å². The third-order valence-electron chi connectivity index (χ3n) is 23.2. The molecule has 6 heterocycles. The highest BCUT2D eigenvalue weighted by atomic mass is 32.2. The van der Waals surface area contributed by atoms with E-state index in [2.05, 4.69) is 78.4 Å². The molecule has 42 nitrogen and oxygen atoms in total. The molecular formula is C88H124N20O22S. The maximum Gasteiger partial charge on any atom is 0.326 e. The van der Waals surface area contributed by atoms with Crippen LogP contribution in [0.25, 0.3) is 21.8 Å². The van der Waals surface area contributed by atoms with E-state index in [1.807, 2.05) is 24.3 Å². The maximum absolute atomic E-state index is 15.3. The summed E-state index contributed by atoms with van der Waals surface area (Å²) >= 11 is 1.35. The summed E-state index contributed by atoms with van der Waals surface area (Å²) in [5.74, 6) is -13.9. The highest BCUT2D eigenvalue weighted by molar-refractivity contribution is 7.98. The summed E-state index contributed by atoms with van der Waals surface area (Å²) in [5, 5.41) is 92.3. The number of carbonyl (C=O) groups is 15. The minimum absolute atomic E-state index is 0.00161. The van der Waals surface area contributed by atoms with Gasteiger partial charge < -0.3 is 136 Å². The number of imidazole rings is 1. The molecule has 131 heavy (non-hydrogen) atoms. The number of unbranched alkanes of at least 4 members (excludes halogenated alkanes) is 1. The highest BCUT2D eigenvalue weighted by Crippen LogP contribution is 2.27. The van der Waals surface area contributed by atoms with Crippen molar-refractivity contribution in [3.8, 4) is 5.75 Å². The number of rotatable bonds is 50. The summed E-state index contributed by atoms with van der Waals surface area (Å²) in [5.41, 5.74) is 21.6. The number of nitrogens with two attached hydrogens (primary N) is 3. The van der Waals surface area contributed by atoms with E-state index in [9.17, 15) is 78.6 Å². The Labute approximate surface area is 760 Å². The molecule has 0 aliphatic carbocycles. The predicted molar refractivity (Wildman–Crippen MR) is 478 cm³/mol. The summed E-state index contributed by atoms with van der Waals surface area (Å²) in [6, 6.07) is 3.36. The second-order valence-corrected chi connectivity index (χ2v) is 35.1. The molecule has 0 unspecified atom stereocenters. The van der Waals surface area contributed by atoms with E-state index in [1.54, 1.807) is 70.6 Å². The molecule has 3 aliphatic heterocycles.